The largest absolute Gasteiger partial charge is 0.497 e. The van der Waals surface area contributed by atoms with Crippen LogP contribution in [0.5, 0.6) is 5.75 Å². The molecule has 1 aromatic carbocycles. The van der Waals surface area contributed by atoms with Gasteiger partial charge in [-0.15, -0.1) is 0 Å². The zero-order chi connectivity index (χ0) is 14.1. The smallest absolute Gasteiger partial charge is 0.152 e. The lowest BCUT2D eigenvalue weighted by Crippen LogP contribution is -1.90. The van der Waals surface area contributed by atoms with E-state index >= 15 is 0 Å². The molecule has 2 aromatic heterocycles. The molecular formula is C16H13N3O. The first-order valence-electron chi connectivity index (χ1n) is 6.26. The standard InChI is InChI=1S/C16H13N3O/c1-11-3-8-15-18-16(14(9-17)19(15)10-11)12-4-6-13(20-2)7-5-12/h3-8,10H,1-2H3. The minimum atomic E-state index is 0.550. The minimum Gasteiger partial charge on any atom is -0.497 e. The van der Waals surface area contributed by atoms with Crippen molar-refractivity contribution in [2.75, 3.05) is 7.11 Å². The number of rotatable bonds is 2. The molecule has 0 N–H and O–H groups in total. The molecule has 0 aliphatic rings. The maximum atomic E-state index is 9.42. The molecule has 3 aromatic rings. The van der Waals surface area contributed by atoms with Crippen LogP contribution >= 0.6 is 0 Å². The Morgan fingerprint density at radius 1 is 1.15 bits per heavy atom. The van der Waals surface area contributed by atoms with Crippen molar-refractivity contribution in [1.29, 1.82) is 5.26 Å². The van der Waals surface area contributed by atoms with E-state index in [1.807, 2.05) is 53.9 Å². The van der Waals surface area contributed by atoms with E-state index in [2.05, 4.69) is 11.1 Å². The fourth-order valence-electron chi connectivity index (χ4n) is 2.21. The summed E-state index contributed by atoms with van der Waals surface area (Å²) < 4.78 is 6.97. The molecule has 3 rings (SSSR count). The second kappa shape index (κ2) is 4.71. The predicted molar refractivity (Wildman–Crippen MR) is 76.6 cm³/mol. The molecule has 0 unspecified atom stereocenters. The van der Waals surface area contributed by atoms with Crippen molar-refractivity contribution in [3.8, 4) is 23.1 Å². The first kappa shape index (κ1) is 12.2. The highest BCUT2D eigenvalue weighted by Gasteiger charge is 2.13. The summed E-state index contributed by atoms with van der Waals surface area (Å²) in [5.74, 6) is 0.784. The van der Waals surface area contributed by atoms with Crippen LogP contribution in [-0.2, 0) is 0 Å². The number of hydrogen-bond donors (Lipinski definition) is 0. The summed E-state index contributed by atoms with van der Waals surface area (Å²) in [5.41, 5.74) is 4.02. The Bertz CT molecular complexity index is 810. The Hall–Kier alpha value is -2.80. The summed E-state index contributed by atoms with van der Waals surface area (Å²) in [4.78, 5) is 4.55. The first-order chi connectivity index (χ1) is 9.72. The van der Waals surface area contributed by atoms with Crippen LogP contribution in [0.1, 0.15) is 11.3 Å². The van der Waals surface area contributed by atoms with Gasteiger partial charge in [-0.1, -0.05) is 6.07 Å². The number of nitrogens with zero attached hydrogens (tertiary/aromatic N) is 3. The third-order valence-corrected chi connectivity index (χ3v) is 3.24. The zero-order valence-electron chi connectivity index (χ0n) is 11.3. The number of benzene rings is 1. The molecule has 4 nitrogen and oxygen atoms in total. The fraction of sp³-hybridized carbons (Fsp3) is 0.125. The van der Waals surface area contributed by atoms with Crippen LogP contribution in [0, 0.1) is 18.3 Å². The van der Waals surface area contributed by atoms with Crippen molar-refractivity contribution in [3.63, 3.8) is 0 Å². The Kier molecular flexibility index (Phi) is 2.88. The molecule has 20 heavy (non-hydrogen) atoms. The van der Waals surface area contributed by atoms with Gasteiger partial charge in [-0.2, -0.15) is 5.26 Å². The van der Waals surface area contributed by atoms with Gasteiger partial charge in [-0.25, -0.2) is 4.98 Å². The van der Waals surface area contributed by atoms with Crippen LogP contribution < -0.4 is 4.74 Å². The molecule has 4 heteroatoms. The Balaban J connectivity index is 2.22. The predicted octanol–water partition coefficient (Wildman–Crippen LogP) is 3.19. The molecule has 0 saturated carbocycles. The van der Waals surface area contributed by atoms with Crippen molar-refractivity contribution in [1.82, 2.24) is 9.38 Å². The van der Waals surface area contributed by atoms with Gasteiger partial charge in [0.1, 0.15) is 23.2 Å². The van der Waals surface area contributed by atoms with E-state index in [-0.39, 0.29) is 0 Å². The molecular weight excluding hydrogens is 250 g/mol. The molecule has 2 heterocycles. The number of ether oxygens (including phenoxy) is 1. The summed E-state index contributed by atoms with van der Waals surface area (Å²) in [6.45, 7) is 1.99. The topological polar surface area (TPSA) is 50.3 Å². The van der Waals surface area contributed by atoms with E-state index in [9.17, 15) is 5.26 Å². The van der Waals surface area contributed by atoms with Crippen LogP contribution in [-0.4, -0.2) is 16.5 Å². The van der Waals surface area contributed by atoms with Gasteiger partial charge in [0.25, 0.3) is 0 Å². The number of pyridine rings is 1. The van der Waals surface area contributed by atoms with Gasteiger partial charge in [0.2, 0.25) is 0 Å². The van der Waals surface area contributed by atoms with Crippen molar-refractivity contribution in [2.24, 2.45) is 0 Å². The first-order valence-corrected chi connectivity index (χ1v) is 6.26. The normalized spacial score (nSPS) is 10.4. The van der Waals surface area contributed by atoms with Crippen molar-refractivity contribution >= 4 is 5.65 Å². The quantitative estimate of drug-likeness (QED) is 0.713. The summed E-state index contributed by atoms with van der Waals surface area (Å²) in [7, 11) is 1.63. The van der Waals surface area contributed by atoms with Gasteiger partial charge < -0.3 is 4.74 Å². The van der Waals surface area contributed by atoms with Gasteiger partial charge in [0.05, 0.1) is 7.11 Å². The molecule has 0 aliphatic carbocycles. The molecule has 0 bridgehead atoms. The summed E-state index contributed by atoms with van der Waals surface area (Å²) in [6, 6.07) is 13.7. The monoisotopic (exact) mass is 263 g/mol. The maximum Gasteiger partial charge on any atom is 0.152 e. The second-order valence-electron chi connectivity index (χ2n) is 4.58. The number of aryl methyl sites for hydroxylation is 1. The number of methoxy groups -OCH3 is 1. The maximum absolute atomic E-state index is 9.42. The highest BCUT2D eigenvalue weighted by molar-refractivity contribution is 5.70. The number of hydrogen-bond acceptors (Lipinski definition) is 3. The molecule has 0 aliphatic heterocycles. The van der Waals surface area contributed by atoms with Gasteiger partial charge in [0.15, 0.2) is 5.69 Å². The van der Waals surface area contributed by atoms with Crippen molar-refractivity contribution in [2.45, 2.75) is 6.92 Å². The molecule has 98 valence electrons. The Morgan fingerprint density at radius 3 is 2.55 bits per heavy atom. The van der Waals surface area contributed by atoms with E-state index in [0.29, 0.717) is 11.4 Å². The lowest BCUT2D eigenvalue weighted by atomic mass is 10.1. The number of fused-ring (bicyclic) bond motifs is 1. The van der Waals surface area contributed by atoms with Gasteiger partial charge in [-0.3, -0.25) is 4.40 Å². The highest BCUT2D eigenvalue weighted by Crippen LogP contribution is 2.26. The summed E-state index contributed by atoms with van der Waals surface area (Å²) in [5, 5.41) is 9.42. The van der Waals surface area contributed by atoms with Gasteiger partial charge in [-0.05, 0) is 42.8 Å². The molecule has 0 atom stereocenters. The van der Waals surface area contributed by atoms with Gasteiger partial charge >= 0.3 is 0 Å². The van der Waals surface area contributed by atoms with Crippen LogP contribution in [0.4, 0.5) is 0 Å². The van der Waals surface area contributed by atoms with Crippen LogP contribution in [0.25, 0.3) is 16.9 Å². The van der Waals surface area contributed by atoms with Crippen LogP contribution in [0.3, 0.4) is 0 Å². The second-order valence-corrected chi connectivity index (χ2v) is 4.58. The molecule has 0 radical (unpaired) electrons. The highest BCUT2D eigenvalue weighted by atomic mass is 16.5. The van der Waals surface area contributed by atoms with Gasteiger partial charge in [0, 0.05) is 11.8 Å². The lowest BCUT2D eigenvalue weighted by molar-refractivity contribution is 0.415. The van der Waals surface area contributed by atoms with Crippen molar-refractivity contribution < 1.29 is 4.74 Å². The van der Waals surface area contributed by atoms with Crippen LogP contribution in [0.2, 0.25) is 0 Å². The molecule has 0 amide bonds. The Morgan fingerprint density at radius 2 is 1.90 bits per heavy atom. The number of aromatic nitrogens is 2. The number of imidazole rings is 1. The third kappa shape index (κ3) is 1.90. The van der Waals surface area contributed by atoms with Crippen molar-refractivity contribution in [3.05, 3.63) is 53.9 Å². The molecule has 0 fully saturated rings. The van der Waals surface area contributed by atoms with E-state index in [4.69, 9.17) is 4.74 Å². The Labute approximate surface area is 116 Å². The average Bonchev–Trinajstić information content (AvgIpc) is 2.85. The van der Waals surface area contributed by atoms with E-state index in [1.54, 1.807) is 7.11 Å². The molecule has 0 saturated heterocycles. The van der Waals surface area contributed by atoms with E-state index < -0.39 is 0 Å². The zero-order valence-corrected chi connectivity index (χ0v) is 11.3. The molecule has 0 spiro atoms. The summed E-state index contributed by atoms with van der Waals surface area (Å²) in [6.07, 6.45) is 1.92. The van der Waals surface area contributed by atoms with E-state index in [1.165, 1.54) is 0 Å². The van der Waals surface area contributed by atoms with E-state index in [0.717, 1.165) is 22.5 Å². The average molecular weight is 263 g/mol. The number of nitriles is 1. The van der Waals surface area contributed by atoms with Crippen LogP contribution in [0.15, 0.2) is 42.6 Å². The minimum absolute atomic E-state index is 0.550. The summed E-state index contributed by atoms with van der Waals surface area (Å²) >= 11 is 0. The third-order valence-electron chi connectivity index (χ3n) is 3.24. The lowest BCUT2D eigenvalue weighted by Gasteiger charge is -2.01. The SMILES string of the molecule is COc1ccc(-c2nc3ccc(C)cn3c2C#N)cc1. The fourth-order valence-corrected chi connectivity index (χ4v) is 2.21.